The second kappa shape index (κ2) is 5.36. The molecule has 0 fully saturated rings. The van der Waals surface area contributed by atoms with Gasteiger partial charge in [0.15, 0.2) is 11.6 Å². The van der Waals surface area contributed by atoms with Crippen molar-refractivity contribution in [1.82, 2.24) is 0 Å². The van der Waals surface area contributed by atoms with E-state index in [9.17, 15) is 12.8 Å². The number of rotatable bonds is 5. The molecular weight excluding hydrogens is 257 g/mol. The average molecular weight is 268 g/mol. The summed E-state index contributed by atoms with van der Waals surface area (Å²) in [7, 11) is -2.18. The maximum atomic E-state index is 13.2. The fraction of sp³-hybridized carbons (Fsp3) is 0.333. The van der Waals surface area contributed by atoms with Crippen molar-refractivity contribution in [2.45, 2.75) is 0 Å². The second-order valence-corrected chi connectivity index (χ2v) is 5.18. The Morgan fingerprint density at radius 2 is 2.19 bits per heavy atom. The molecule has 0 spiro atoms. The molecule has 16 heavy (non-hydrogen) atoms. The van der Waals surface area contributed by atoms with Crippen LogP contribution in [-0.4, -0.2) is 27.2 Å². The van der Waals surface area contributed by atoms with Crippen LogP contribution in [0.1, 0.15) is 0 Å². The number of hydrogen-bond donors (Lipinski definition) is 1. The summed E-state index contributed by atoms with van der Waals surface area (Å²) < 4.78 is 42.8. The molecule has 0 aliphatic rings. The monoisotopic (exact) mass is 267 g/mol. The lowest BCUT2D eigenvalue weighted by Gasteiger charge is -2.08. The fourth-order valence-corrected chi connectivity index (χ4v) is 2.46. The molecule has 1 aromatic carbocycles. The quantitative estimate of drug-likeness (QED) is 0.828. The van der Waals surface area contributed by atoms with E-state index in [1.165, 1.54) is 19.2 Å². The molecule has 0 aliphatic heterocycles. The molecule has 0 saturated heterocycles. The van der Waals surface area contributed by atoms with E-state index in [1.54, 1.807) is 0 Å². The first-order valence-corrected chi connectivity index (χ1v) is 6.57. The summed E-state index contributed by atoms with van der Waals surface area (Å²) in [6, 6.07) is 3.80. The number of benzene rings is 1. The third-order valence-corrected chi connectivity index (χ3v) is 3.47. The number of hydrogen-bond acceptors (Lipinski definition) is 3. The van der Waals surface area contributed by atoms with E-state index in [2.05, 4.69) is 4.72 Å². The van der Waals surface area contributed by atoms with Crippen LogP contribution in [0.25, 0.3) is 0 Å². The summed E-state index contributed by atoms with van der Waals surface area (Å²) in [6.45, 7) is 0. The minimum Gasteiger partial charge on any atom is -0.494 e. The molecule has 0 bridgehead atoms. The van der Waals surface area contributed by atoms with Gasteiger partial charge in [0.05, 0.1) is 18.6 Å². The van der Waals surface area contributed by atoms with Crippen molar-refractivity contribution in [2.75, 3.05) is 23.5 Å². The van der Waals surface area contributed by atoms with Crippen molar-refractivity contribution in [3.8, 4) is 5.75 Å². The van der Waals surface area contributed by atoms with E-state index in [0.717, 1.165) is 6.07 Å². The lowest BCUT2D eigenvalue weighted by Crippen LogP contribution is -2.17. The highest BCUT2D eigenvalue weighted by atomic mass is 35.5. The van der Waals surface area contributed by atoms with E-state index in [4.69, 9.17) is 16.3 Å². The molecule has 1 N–H and O–H groups in total. The van der Waals surface area contributed by atoms with E-state index < -0.39 is 15.8 Å². The van der Waals surface area contributed by atoms with Gasteiger partial charge in [-0.25, -0.2) is 12.8 Å². The van der Waals surface area contributed by atoms with E-state index in [0.29, 0.717) is 0 Å². The molecule has 0 atom stereocenters. The maximum absolute atomic E-state index is 13.2. The number of sulfonamides is 1. The maximum Gasteiger partial charge on any atom is 0.233 e. The summed E-state index contributed by atoms with van der Waals surface area (Å²) in [5, 5.41) is 0. The second-order valence-electron chi connectivity index (χ2n) is 2.96. The molecule has 1 rings (SSSR count). The number of nitrogens with one attached hydrogen (secondary N) is 1. The van der Waals surface area contributed by atoms with Crippen LogP contribution in [0.5, 0.6) is 5.75 Å². The first kappa shape index (κ1) is 13.1. The smallest absolute Gasteiger partial charge is 0.233 e. The van der Waals surface area contributed by atoms with Gasteiger partial charge in [0.25, 0.3) is 0 Å². The zero-order chi connectivity index (χ0) is 12.2. The Morgan fingerprint density at radius 1 is 1.50 bits per heavy atom. The van der Waals surface area contributed by atoms with E-state index >= 15 is 0 Å². The highest BCUT2D eigenvalue weighted by molar-refractivity contribution is 7.92. The van der Waals surface area contributed by atoms with Gasteiger partial charge < -0.3 is 4.74 Å². The Morgan fingerprint density at radius 3 is 2.69 bits per heavy atom. The lowest BCUT2D eigenvalue weighted by atomic mass is 10.3. The summed E-state index contributed by atoms with van der Waals surface area (Å²) in [5.41, 5.74) is 0.142. The Kier molecular flexibility index (Phi) is 4.37. The molecule has 0 unspecified atom stereocenters. The number of halogens is 2. The van der Waals surface area contributed by atoms with Crippen molar-refractivity contribution < 1.29 is 17.5 Å². The van der Waals surface area contributed by atoms with Crippen LogP contribution in [0, 0.1) is 5.82 Å². The highest BCUT2D eigenvalue weighted by Crippen LogP contribution is 2.21. The number of ether oxygens (including phenoxy) is 1. The van der Waals surface area contributed by atoms with Crippen LogP contribution in [0.15, 0.2) is 18.2 Å². The Balaban J connectivity index is 2.87. The number of methoxy groups -OCH3 is 1. The van der Waals surface area contributed by atoms with Gasteiger partial charge >= 0.3 is 0 Å². The first-order chi connectivity index (χ1) is 7.48. The van der Waals surface area contributed by atoms with Gasteiger partial charge in [-0.1, -0.05) is 0 Å². The van der Waals surface area contributed by atoms with Crippen LogP contribution in [0.4, 0.5) is 10.1 Å². The average Bonchev–Trinajstić information content (AvgIpc) is 2.17. The normalized spacial score (nSPS) is 11.2. The Bertz CT molecular complexity index is 464. The predicted octanol–water partition coefficient (Wildman–Crippen LogP) is 1.81. The fourth-order valence-electron chi connectivity index (χ4n) is 1.06. The van der Waals surface area contributed by atoms with Crippen LogP contribution < -0.4 is 9.46 Å². The molecule has 90 valence electrons. The molecule has 4 nitrogen and oxygen atoms in total. The van der Waals surface area contributed by atoms with E-state index in [1.807, 2.05) is 0 Å². The zero-order valence-electron chi connectivity index (χ0n) is 8.54. The first-order valence-electron chi connectivity index (χ1n) is 4.38. The summed E-state index contributed by atoms with van der Waals surface area (Å²) >= 11 is 5.32. The Hall–Kier alpha value is -1.01. The molecule has 0 radical (unpaired) electrons. The molecule has 7 heteroatoms. The van der Waals surface area contributed by atoms with Crippen LogP contribution in [0.2, 0.25) is 0 Å². The summed E-state index contributed by atoms with van der Waals surface area (Å²) in [6.07, 6.45) is 0. The van der Waals surface area contributed by atoms with Gasteiger partial charge in [0.2, 0.25) is 10.0 Å². The third-order valence-electron chi connectivity index (χ3n) is 1.77. The van der Waals surface area contributed by atoms with Gasteiger partial charge in [-0.15, -0.1) is 11.6 Å². The van der Waals surface area contributed by atoms with Crippen molar-refractivity contribution in [2.24, 2.45) is 0 Å². The van der Waals surface area contributed by atoms with Crippen molar-refractivity contribution in [3.63, 3.8) is 0 Å². The highest BCUT2D eigenvalue weighted by Gasteiger charge is 2.11. The molecule has 1 aromatic rings. The van der Waals surface area contributed by atoms with Crippen molar-refractivity contribution >= 4 is 27.3 Å². The van der Waals surface area contributed by atoms with Crippen LogP contribution >= 0.6 is 11.6 Å². The van der Waals surface area contributed by atoms with Crippen molar-refractivity contribution in [1.29, 1.82) is 0 Å². The largest absolute Gasteiger partial charge is 0.494 e. The van der Waals surface area contributed by atoms with Crippen molar-refractivity contribution in [3.05, 3.63) is 24.0 Å². The molecule has 0 heterocycles. The van der Waals surface area contributed by atoms with Gasteiger partial charge in [0.1, 0.15) is 0 Å². The van der Waals surface area contributed by atoms with Gasteiger partial charge in [-0.05, 0) is 12.1 Å². The standard InChI is InChI=1S/C9H11ClFNO3S/c1-15-9-3-2-7(6-8(9)11)12-16(13,14)5-4-10/h2-3,6,12H,4-5H2,1H3. The third kappa shape index (κ3) is 3.53. The minimum atomic E-state index is -3.51. The molecular formula is C9H11ClFNO3S. The lowest BCUT2D eigenvalue weighted by molar-refractivity contribution is 0.386. The van der Waals surface area contributed by atoms with E-state index in [-0.39, 0.29) is 23.1 Å². The van der Waals surface area contributed by atoms with Gasteiger partial charge in [0, 0.05) is 11.9 Å². The summed E-state index contributed by atoms with van der Waals surface area (Å²) in [4.78, 5) is 0. The number of alkyl halides is 1. The summed E-state index contributed by atoms with van der Waals surface area (Å²) in [5.74, 6) is -0.815. The molecule has 0 aromatic heterocycles. The topological polar surface area (TPSA) is 55.4 Å². The Labute approximate surface area is 98.4 Å². The SMILES string of the molecule is COc1ccc(NS(=O)(=O)CCCl)cc1F. The van der Waals surface area contributed by atoms with Gasteiger partial charge in [-0.3, -0.25) is 4.72 Å². The minimum absolute atomic E-state index is 0.0199. The molecule has 0 saturated carbocycles. The van der Waals surface area contributed by atoms with Gasteiger partial charge in [-0.2, -0.15) is 0 Å². The molecule has 0 aliphatic carbocycles. The predicted molar refractivity (Wildman–Crippen MR) is 61.1 cm³/mol. The number of anilines is 1. The van der Waals surface area contributed by atoms with Crippen LogP contribution in [-0.2, 0) is 10.0 Å². The molecule has 0 amide bonds. The van der Waals surface area contributed by atoms with Crippen LogP contribution in [0.3, 0.4) is 0 Å². The zero-order valence-corrected chi connectivity index (χ0v) is 10.1.